The fourth-order valence-electron chi connectivity index (χ4n) is 11.3. The van der Waals surface area contributed by atoms with E-state index in [1.54, 1.807) is 6.08 Å². The molecule has 0 radical (unpaired) electrons. The minimum Gasteiger partial charge on any atom is -0.756 e. The molecule has 3 unspecified atom stereocenters. The van der Waals surface area contributed by atoms with Crippen LogP contribution in [0.3, 0.4) is 0 Å². The van der Waals surface area contributed by atoms with E-state index in [0.29, 0.717) is 17.4 Å². The van der Waals surface area contributed by atoms with Crippen LogP contribution in [0.5, 0.6) is 0 Å². The van der Waals surface area contributed by atoms with Crippen LogP contribution in [0.2, 0.25) is 0 Å². The van der Waals surface area contributed by atoms with Crippen LogP contribution >= 0.6 is 7.82 Å². The number of quaternary nitrogens is 1. The molecule has 0 aliphatic heterocycles. The smallest absolute Gasteiger partial charge is 0.268 e. The number of hydrogen-bond acceptors (Lipinski definition) is 6. The van der Waals surface area contributed by atoms with Crippen molar-refractivity contribution >= 4 is 13.7 Å². The normalized spacial score (nSPS) is 14.1. The van der Waals surface area contributed by atoms with Gasteiger partial charge in [0.15, 0.2) is 0 Å². The zero-order chi connectivity index (χ0) is 65.5. The maximum absolute atomic E-state index is 13.1. The van der Waals surface area contributed by atoms with Gasteiger partial charge in [0.2, 0.25) is 5.91 Å². The lowest BCUT2D eigenvalue weighted by Crippen LogP contribution is -2.45. The van der Waals surface area contributed by atoms with Gasteiger partial charge in [0.25, 0.3) is 7.82 Å². The summed E-state index contributed by atoms with van der Waals surface area (Å²) in [5, 5.41) is 14.0. The van der Waals surface area contributed by atoms with Gasteiger partial charge >= 0.3 is 0 Å². The number of carbonyl (C=O) groups is 1. The molecule has 0 aliphatic carbocycles. The van der Waals surface area contributed by atoms with Gasteiger partial charge in [0, 0.05) is 6.42 Å². The fourth-order valence-corrected chi connectivity index (χ4v) is 12.1. The minimum atomic E-state index is -4.62. The quantitative estimate of drug-likeness (QED) is 0.0272. The Bertz CT molecular complexity index is 1790. The summed E-state index contributed by atoms with van der Waals surface area (Å²) in [6, 6.07) is -0.915. The van der Waals surface area contributed by atoms with Crippen LogP contribution in [0.25, 0.3) is 0 Å². The summed E-state index contributed by atoms with van der Waals surface area (Å²) in [7, 11) is 1.24. The molecule has 3 atom stereocenters. The largest absolute Gasteiger partial charge is 0.756 e. The van der Waals surface area contributed by atoms with Crippen LogP contribution in [0.1, 0.15) is 361 Å². The number of phosphoric ester groups is 1. The molecule has 1 amide bonds. The van der Waals surface area contributed by atoms with Crippen molar-refractivity contribution in [1.29, 1.82) is 0 Å². The number of allylic oxidation sites excluding steroid dienone is 15. The summed E-state index contributed by atoms with van der Waals surface area (Å²) in [5.74, 6) is -0.207. The number of hydrogen-bond donors (Lipinski definition) is 2. The van der Waals surface area contributed by atoms with E-state index >= 15 is 0 Å². The van der Waals surface area contributed by atoms with Gasteiger partial charge in [0.1, 0.15) is 13.2 Å². The van der Waals surface area contributed by atoms with Gasteiger partial charge in [-0.05, 0) is 89.9 Å². The first-order chi connectivity index (χ1) is 44.0. The third kappa shape index (κ3) is 72.8. The van der Waals surface area contributed by atoms with Crippen molar-refractivity contribution in [3.63, 3.8) is 0 Å². The molecule has 0 rings (SSSR count). The molecule has 0 heterocycles. The van der Waals surface area contributed by atoms with E-state index in [1.165, 1.54) is 263 Å². The highest BCUT2D eigenvalue weighted by Crippen LogP contribution is 2.38. The summed E-state index contributed by atoms with van der Waals surface area (Å²) >= 11 is 0. The van der Waals surface area contributed by atoms with E-state index in [4.69, 9.17) is 9.05 Å². The summed E-state index contributed by atoms with van der Waals surface area (Å²) in [5.41, 5.74) is 0. The molecule has 0 bridgehead atoms. The average Bonchev–Trinajstić information content (AvgIpc) is 3.18. The molecule has 90 heavy (non-hydrogen) atoms. The molecular weight excluding hydrogens is 1130 g/mol. The SMILES string of the molecule is CC/C=C\C/C=C\C/C=C\C/C=C\C/C=C\CCCCCCCCCCCCCCCCCCCCCCCC(=O)NC(COP(=O)([O-])OCC[N+](C)(C)C)C(O)/C=C/CC/C=C/CC/C=C/CCCCCCCCCCCCCCCCCCCCCCC. The Morgan fingerprint density at radius 2 is 0.689 bits per heavy atom. The van der Waals surface area contributed by atoms with Crippen LogP contribution < -0.4 is 10.2 Å². The van der Waals surface area contributed by atoms with Crippen molar-refractivity contribution in [2.75, 3.05) is 40.9 Å². The number of rotatable bonds is 71. The highest BCUT2D eigenvalue weighted by atomic mass is 31.2. The number of aliphatic hydroxyl groups excluding tert-OH is 1. The van der Waals surface area contributed by atoms with Gasteiger partial charge in [-0.15, -0.1) is 0 Å². The van der Waals surface area contributed by atoms with Crippen LogP contribution in [0.15, 0.2) is 97.2 Å². The van der Waals surface area contributed by atoms with E-state index in [-0.39, 0.29) is 12.5 Å². The minimum absolute atomic E-state index is 0.0104. The van der Waals surface area contributed by atoms with Crippen molar-refractivity contribution in [2.24, 2.45) is 0 Å². The second-order valence-corrected chi connectivity index (χ2v) is 28.7. The molecule has 0 fully saturated rings. The summed E-state index contributed by atoms with van der Waals surface area (Å²) in [6.07, 6.45) is 103. The highest BCUT2D eigenvalue weighted by Gasteiger charge is 2.23. The molecule has 0 aliphatic rings. The Labute approximate surface area is 559 Å². The Kier molecular flexibility index (Phi) is 68.7. The number of nitrogens with zero attached hydrogens (tertiary/aromatic N) is 1. The molecule has 2 N–H and O–H groups in total. The molecule has 0 aromatic heterocycles. The topological polar surface area (TPSA) is 108 Å². The van der Waals surface area contributed by atoms with Gasteiger partial charge < -0.3 is 28.8 Å². The van der Waals surface area contributed by atoms with Crippen molar-refractivity contribution in [2.45, 2.75) is 373 Å². The van der Waals surface area contributed by atoms with E-state index in [2.05, 4.69) is 104 Å². The number of carbonyl (C=O) groups excluding carboxylic acids is 1. The van der Waals surface area contributed by atoms with Gasteiger partial charge in [-0.3, -0.25) is 9.36 Å². The third-order valence-electron chi connectivity index (χ3n) is 17.3. The predicted molar refractivity (Wildman–Crippen MR) is 394 cm³/mol. The number of unbranched alkanes of at least 4 members (excludes halogenated alkanes) is 44. The summed E-state index contributed by atoms with van der Waals surface area (Å²) < 4.78 is 23.5. The maximum atomic E-state index is 13.1. The standard InChI is InChI=1S/C81H149N2O6P/c1-6-8-10-12-14-16-18-20-22-24-26-28-30-32-34-36-38-39-40-41-42-43-45-47-49-51-53-55-57-59-61-63-65-67-69-71-73-75-81(85)82-79(78-89-90(86,87)88-77-76-83(3,4)5)80(84)74-72-70-68-66-64-62-60-58-56-54-52-50-48-46-44-37-35-33-31-29-27-25-23-21-19-17-15-13-11-9-7-2/h8,10,14,16,20,22,26,28,32,34,56,58,64,66,72,74,79-80,84H,6-7,9,11-13,15,17-19,21,23-25,27,29-31,33,35-55,57,59-63,65,67-71,73,75-78H2,1-5H3,(H-,82,85,86,87)/b10-8-,16-14-,22-20-,28-26-,34-32-,58-56+,66-64+,74-72+. The van der Waals surface area contributed by atoms with Gasteiger partial charge in [-0.2, -0.15) is 0 Å². The monoisotopic (exact) mass is 1280 g/mol. The molecule has 0 aromatic carbocycles. The van der Waals surface area contributed by atoms with E-state index in [0.717, 1.165) is 77.0 Å². The van der Waals surface area contributed by atoms with Gasteiger partial charge in [-0.1, -0.05) is 361 Å². The Morgan fingerprint density at radius 1 is 0.400 bits per heavy atom. The molecular formula is C81H149N2O6P. The second kappa shape index (κ2) is 70.7. The van der Waals surface area contributed by atoms with Gasteiger partial charge in [-0.25, -0.2) is 0 Å². The van der Waals surface area contributed by atoms with Crippen molar-refractivity contribution in [3.05, 3.63) is 97.2 Å². The first-order valence-electron chi connectivity index (χ1n) is 38.6. The lowest BCUT2D eigenvalue weighted by atomic mass is 10.0. The number of nitrogens with one attached hydrogen (secondary N) is 1. The molecule has 0 saturated heterocycles. The van der Waals surface area contributed by atoms with Crippen molar-refractivity contribution < 1.29 is 32.9 Å². The predicted octanol–water partition coefficient (Wildman–Crippen LogP) is 24.6. The number of amides is 1. The molecule has 0 aromatic rings. The first kappa shape index (κ1) is 87.4. The van der Waals surface area contributed by atoms with E-state index < -0.39 is 26.6 Å². The lowest BCUT2D eigenvalue weighted by Gasteiger charge is -2.29. The van der Waals surface area contributed by atoms with Crippen LogP contribution in [-0.4, -0.2) is 68.5 Å². The molecule has 0 saturated carbocycles. The van der Waals surface area contributed by atoms with Crippen LogP contribution in [0.4, 0.5) is 0 Å². The molecule has 9 heteroatoms. The maximum Gasteiger partial charge on any atom is 0.268 e. The molecule has 0 spiro atoms. The van der Waals surface area contributed by atoms with Crippen molar-refractivity contribution in [1.82, 2.24) is 5.32 Å². The average molecular weight is 1280 g/mol. The first-order valence-corrected chi connectivity index (χ1v) is 40.1. The van der Waals surface area contributed by atoms with Crippen molar-refractivity contribution in [3.8, 4) is 0 Å². The summed E-state index contributed by atoms with van der Waals surface area (Å²) in [6.45, 7) is 4.55. The third-order valence-corrected chi connectivity index (χ3v) is 18.2. The van der Waals surface area contributed by atoms with E-state index in [9.17, 15) is 19.4 Å². The number of likely N-dealkylation sites (N-methyl/N-ethyl adjacent to an activating group) is 1. The van der Waals surface area contributed by atoms with Crippen LogP contribution in [-0.2, 0) is 18.4 Å². The molecule has 8 nitrogen and oxygen atoms in total. The number of aliphatic hydroxyl groups is 1. The van der Waals surface area contributed by atoms with E-state index in [1.807, 2.05) is 27.2 Å². The van der Waals surface area contributed by atoms with Crippen LogP contribution in [0, 0.1) is 0 Å². The zero-order valence-electron chi connectivity index (χ0n) is 60.1. The Morgan fingerprint density at radius 3 is 1.03 bits per heavy atom. The lowest BCUT2D eigenvalue weighted by molar-refractivity contribution is -0.870. The Balaban J connectivity index is 4.04. The highest BCUT2D eigenvalue weighted by molar-refractivity contribution is 7.45. The molecule has 524 valence electrons. The fraction of sp³-hybridized carbons (Fsp3) is 0.790. The summed E-state index contributed by atoms with van der Waals surface area (Å²) in [4.78, 5) is 25.7. The second-order valence-electron chi connectivity index (χ2n) is 27.3. The zero-order valence-corrected chi connectivity index (χ0v) is 61.0. The number of phosphoric acid groups is 1. The Hall–Kier alpha value is -2.58. The van der Waals surface area contributed by atoms with Gasteiger partial charge in [0.05, 0.1) is 39.9 Å².